The molecule has 0 saturated carbocycles. The van der Waals surface area contributed by atoms with Crippen molar-refractivity contribution in [2.75, 3.05) is 0 Å². The van der Waals surface area contributed by atoms with Gasteiger partial charge in [0.2, 0.25) is 0 Å². The number of rotatable bonds is 3. The largest absolute Gasteiger partial charge is 0.481 e. The molecule has 0 heterocycles. The molecule has 70 valence electrons. The quantitative estimate of drug-likeness (QED) is 0.735. The Bertz CT molecular complexity index is 308. The van der Waals surface area contributed by atoms with E-state index >= 15 is 0 Å². The van der Waals surface area contributed by atoms with Crippen LogP contribution in [0.2, 0.25) is 0 Å². The van der Waals surface area contributed by atoms with E-state index in [2.05, 4.69) is 0 Å². The van der Waals surface area contributed by atoms with Gasteiger partial charge in [0.1, 0.15) is 0 Å². The molecule has 0 saturated heterocycles. The monoisotopic (exact) mass is 179 g/mol. The zero-order chi connectivity index (χ0) is 9.84. The van der Waals surface area contributed by atoms with Gasteiger partial charge < -0.3 is 10.8 Å². The van der Waals surface area contributed by atoms with Crippen molar-refractivity contribution in [3.63, 3.8) is 0 Å². The van der Waals surface area contributed by atoms with Crippen molar-refractivity contribution in [3.8, 4) is 0 Å². The van der Waals surface area contributed by atoms with Crippen LogP contribution in [0.4, 0.5) is 0 Å². The predicted octanol–water partition coefficient (Wildman–Crippen LogP) is 1.33. The first-order valence-corrected chi connectivity index (χ1v) is 4.16. The molecule has 0 aliphatic rings. The number of carbonyl (C=O) groups is 1. The lowest BCUT2D eigenvalue weighted by Crippen LogP contribution is -2.10. The highest BCUT2D eigenvalue weighted by Gasteiger charge is 2.08. The Hall–Kier alpha value is -1.35. The minimum Gasteiger partial charge on any atom is -0.481 e. The molecule has 0 aliphatic heterocycles. The van der Waals surface area contributed by atoms with E-state index in [0.717, 1.165) is 11.1 Å². The minimum absolute atomic E-state index is 0.0394. The van der Waals surface area contributed by atoms with Crippen molar-refractivity contribution >= 4 is 5.97 Å². The third kappa shape index (κ3) is 2.56. The van der Waals surface area contributed by atoms with Gasteiger partial charge in [-0.05, 0) is 18.1 Å². The fourth-order valence-corrected chi connectivity index (χ4v) is 1.30. The number of hydrogen-bond acceptors (Lipinski definition) is 2. The van der Waals surface area contributed by atoms with Gasteiger partial charge in [0.15, 0.2) is 0 Å². The molecule has 0 fully saturated rings. The molecule has 0 aromatic heterocycles. The zero-order valence-corrected chi connectivity index (χ0v) is 7.53. The smallest absolute Gasteiger partial charge is 0.307 e. The molecule has 1 aromatic rings. The third-order valence-corrected chi connectivity index (χ3v) is 1.89. The Labute approximate surface area is 77.2 Å². The first-order valence-electron chi connectivity index (χ1n) is 4.16. The molecule has 1 aromatic carbocycles. The summed E-state index contributed by atoms with van der Waals surface area (Å²) < 4.78 is 0. The molecule has 3 N–H and O–H groups in total. The average molecular weight is 179 g/mol. The molecule has 0 bridgehead atoms. The number of carboxylic acid groups (broad SMARTS) is 1. The summed E-state index contributed by atoms with van der Waals surface area (Å²) in [7, 11) is 0. The summed E-state index contributed by atoms with van der Waals surface area (Å²) >= 11 is 0. The van der Waals surface area contributed by atoms with Gasteiger partial charge in [0, 0.05) is 6.04 Å². The van der Waals surface area contributed by atoms with Crippen LogP contribution in [0.3, 0.4) is 0 Å². The first-order chi connectivity index (χ1) is 6.11. The lowest BCUT2D eigenvalue weighted by Gasteiger charge is -2.10. The van der Waals surface area contributed by atoms with Crippen molar-refractivity contribution in [3.05, 3.63) is 35.4 Å². The molecule has 0 spiro atoms. The summed E-state index contributed by atoms with van der Waals surface area (Å²) in [6.07, 6.45) is 0.0394. The molecule has 1 atom stereocenters. The van der Waals surface area contributed by atoms with Crippen LogP contribution in [0.15, 0.2) is 24.3 Å². The molecule has 1 rings (SSSR count). The van der Waals surface area contributed by atoms with Gasteiger partial charge in [-0.1, -0.05) is 24.3 Å². The van der Waals surface area contributed by atoms with Gasteiger partial charge in [0.25, 0.3) is 0 Å². The molecule has 13 heavy (non-hydrogen) atoms. The van der Waals surface area contributed by atoms with Crippen LogP contribution in [0.5, 0.6) is 0 Å². The number of hydrogen-bond donors (Lipinski definition) is 2. The molecular formula is C10H13NO2. The Morgan fingerprint density at radius 1 is 1.54 bits per heavy atom. The Balaban J connectivity index is 2.97. The lowest BCUT2D eigenvalue weighted by molar-refractivity contribution is -0.136. The van der Waals surface area contributed by atoms with E-state index in [1.807, 2.05) is 25.1 Å². The second kappa shape index (κ2) is 4.05. The first kappa shape index (κ1) is 9.74. The van der Waals surface area contributed by atoms with Crippen LogP contribution < -0.4 is 5.73 Å². The van der Waals surface area contributed by atoms with E-state index in [0.29, 0.717) is 0 Å². The highest BCUT2D eigenvalue weighted by atomic mass is 16.4. The highest BCUT2D eigenvalue weighted by molar-refractivity contribution is 5.70. The van der Waals surface area contributed by atoms with Crippen molar-refractivity contribution in [2.24, 2.45) is 5.73 Å². The second-order valence-corrected chi connectivity index (χ2v) is 3.06. The predicted molar refractivity (Wildman–Crippen MR) is 50.4 cm³/mol. The van der Waals surface area contributed by atoms with Crippen LogP contribution >= 0.6 is 0 Å². The average Bonchev–Trinajstić information content (AvgIpc) is 2.03. The Kier molecular flexibility index (Phi) is 3.03. The molecule has 3 heteroatoms. The maximum absolute atomic E-state index is 10.5. The van der Waals surface area contributed by atoms with Crippen LogP contribution in [0, 0.1) is 0 Å². The van der Waals surface area contributed by atoms with Gasteiger partial charge in [-0.3, -0.25) is 4.79 Å². The topological polar surface area (TPSA) is 63.3 Å². The maximum atomic E-state index is 10.5. The van der Waals surface area contributed by atoms with Crippen molar-refractivity contribution < 1.29 is 9.90 Å². The van der Waals surface area contributed by atoms with Crippen LogP contribution in [0.1, 0.15) is 24.1 Å². The zero-order valence-electron chi connectivity index (χ0n) is 7.53. The molecule has 3 nitrogen and oxygen atoms in total. The van der Waals surface area contributed by atoms with Crippen LogP contribution in [-0.4, -0.2) is 11.1 Å². The molecular weight excluding hydrogens is 166 g/mol. The van der Waals surface area contributed by atoms with Gasteiger partial charge in [-0.25, -0.2) is 0 Å². The Morgan fingerprint density at radius 3 is 2.69 bits per heavy atom. The highest BCUT2D eigenvalue weighted by Crippen LogP contribution is 2.15. The van der Waals surface area contributed by atoms with Crippen molar-refractivity contribution in [2.45, 2.75) is 19.4 Å². The van der Waals surface area contributed by atoms with Crippen LogP contribution in [-0.2, 0) is 11.2 Å². The van der Waals surface area contributed by atoms with Crippen LogP contribution in [0.25, 0.3) is 0 Å². The van der Waals surface area contributed by atoms with E-state index in [1.54, 1.807) is 6.07 Å². The molecule has 0 unspecified atom stereocenters. The third-order valence-electron chi connectivity index (χ3n) is 1.89. The lowest BCUT2D eigenvalue weighted by atomic mass is 10.00. The van der Waals surface area contributed by atoms with Gasteiger partial charge >= 0.3 is 5.97 Å². The molecule has 0 radical (unpaired) electrons. The van der Waals surface area contributed by atoms with Gasteiger partial charge in [-0.2, -0.15) is 0 Å². The van der Waals surface area contributed by atoms with E-state index in [4.69, 9.17) is 10.8 Å². The van der Waals surface area contributed by atoms with Crippen molar-refractivity contribution in [1.82, 2.24) is 0 Å². The van der Waals surface area contributed by atoms with Gasteiger partial charge in [0.05, 0.1) is 6.42 Å². The second-order valence-electron chi connectivity index (χ2n) is 3.06. The number of carboxylic acids is 1. The molecule has 0 amide bonds. The fourth-order valence-electron chi connectivity index (χ4n) is 1.30. The van der Waals surface area contributed by atoms with Gasteiger partial charge in [-0.15, -0.1) is 0 Å². The number of aliphatic carboxylic acids is 1. The summed E-state index contributed by atoms with van der Waals surface area (Å²) in [5.74, 6) is -0.826. The normalized spacial score (nSPS) is 12.5. The summed E-state index contributed by atoms with van der Waals surface area (Å²) in [6.45, 7) is 1.85. The van der Waals surface area contributed by atoms with E-state index in [1.165, 1.54) is 0 Å². The van der Waals surface area contributed by atoms with Crippen molar-refractivity contribution in [1.29, 1.82) is 0 Å². The summed E-state index contributed by atoms with van der Waals surface area (Å²) in [5.41, 5.74) is 7.40. The summed E-state index contributed by atoms with van der Waals surface area (Å²) in [4.78, 5) is 10.5. The van der Waals surface area contributed by atoms with E-state index in [9.17, 15) is 4.79 Å². The minimum atomic E-state index is -0.826. The number of benzene rings is 1. The SMILES string of the molecule is C[C@@H](N)c1ccccc1CC(=O)O. The fraction of sp³-hybridized carbons (Fsp3) is 0.300. The maximum Gasteiger partial charge on any atom is 0.307 e. The van der Waals surface area contributed by atoms with E-state index < -0.39 is 5.97 Å². The summed E-state index contributed by atoms with van der Waals surface area (Å²) in [6, 6.07) is 7.24. The van der Waals surface area contributed by atoms with E-state index in [-0.39, 0.29) is 12.5 Å². The standard InChI is InChI=1S/C10H13NO2/c1-7(11)9-5-3-2-4-8(9)6-10(12)13/h2-5,7H,6,11H2,1H3,(H,12,13)/t7-/m1/s1. The molecule has 0 aliphatic carbocycles. The Morgan fingerprint density at radius 2 is 2.15 bits per heavy atom. The number of nitrogens with two attached hydrogens (primary N) is 1. The summed E-state index contributed by atoms with van der Waals surface area (Å²) in [5, 5.41) is 8.63.